The number of amides is 3. The van der Waals surface area contributed by atoms with Crippen LogP contribution in [0.1, 0.15) is 25.7 Å². The minimum absolute atomic E-state index is 0.0429. The number of carbonyl (C=O) groups is 4. The van der Waals surface area contributed by atoms with E-state index in [2.05, 4.69) is 5.32 Å². The lowest BCUT2D eigenvalue weighted by atomic mass is 10.2. The first-order valence-corrected chi connectivity index (χ1v) is 5.89. The van der Waals surface area contributed by atoms with Crippen LogP contribution < -0.4 is 5.32 Å². The van der Waals surface area contributed by atoms with Gasteiger partial charge in [0.05, 0.1) is 6.54 Å². The Morgan fingerprint density at radius 3 is 2.44 bits per heavy atom. The molecular formula is C12H16N2O4. The van der Waals surface area contributed by atoms with Crippen molar-refractivity contribution in [3.63, 3.8) is 0 Å². The van der Waals surface area contributed by atoms with Crippen LogP contribution in [-0.2, 0) is 19.2 Å². The molecule has 0 aromatic carbocycles. The van der Waals surface area contributed by atoms with E-state index in [-0.39, 0.29) is 24.3 Å². The summed E-state index contributed by atoms with van der Waals surface area (Å²) >= 11 is 0. The summed E-state index contributed by atoms with van der Waals surface area (Å²) in [4.78, 5) is 44.7. The van der Waals surface area contributed by atoms with Crippen molar-refractivity contribution < 1.29 is 19.2 Å². The number of hydrogen-bond acceptors (Lipinski definition) is 4. The molecule has 0 saturated heterocycles. The first-order valence-electron chi connectivity index (χ1n) is 5.89. The van der Waals surface area contributed by atoms with Crippen molar-refractivity contribution in [2.75, 3.05) is 13.1 Å². The van der Waals surface area contributed by atoms with Crippen molar-refractivity contribution in [1.82, 2.24) is 10.2 Å². The van der Waals surface area contributed by atoms with E-state index in [0.717, 1.165) is 6.42 Å². The molecule has 0 fully saturated rings. The molecular weight excluding hydrogens is 236 g/mol. The number of carbonyl (C=O) groups excluding carboxylic acids is 4. The maximum atomic E-state index is 11.2. The molecule has 0 saturated carbocycles. The van der Waals surface area contributed by atoms with E-state index in [1.807, 2.05) is 0 Å². The Balaban J connectivity index is 2.05. The van der Waals surface area contributed by atoms with Gasteiger partial charge in [-0.05, 0) is 12.8 Å². The van der Waals surface area contributed by atoms with E-state index >= 15 is 0 Å². The summed E-state index contributed by atoms with van der Waals surface area (Å²) in [5.41, 5.74) is 0. The third-order valence-corrected chi connectivity index (χ3v) is 2.57. The molecule has 0 aromatic rings. The van der Waals surface area contributed by atoms with E-state index < -0.39 is 0 Å². The van der Waals surface area contributed by atoms with Gasteiger partial charge in [-0.1, -0.05) is 6.42 Å². The van der Waals surface area contributed by atoms with Gasteiger partial charge in [0.2, 0.25) is 5.91 Å². The van der Waals surface area contributed by atoms with Crippen molar-refractivity contribution in [2.45, 2.75) is 25.7 Å². The van der Waals surface area contributed by atoms with Crippen LogP contribution >= 0.6 is 0 Å². The normalized spacial score (nSPS) is 14.1. The Hall–Kier alpha value is -1.98. The van der Waals surface area contributed by atoms with E-state index in [0.29, 0.717) is 32.1 Å². The van der Waals surface area contributed by atoms with E-state index in [1.54, 1.807) is 0 Å². The van der Waals surface area contributed by atoms with Gasteiger partial charge in [-0.25, -0.2) is 0 Å². The van der Waals surface area contributed by atoms with Gasteiger partial charge in [0.1, 0.15) is 6.29 Å². The molecule has 6 nitrogen and oxygen atoms in total. The molecule has 0 atom stereocenters. The highest BCUT2D eigenvalue weighted by molar-refractivity contribution is 6.12. The molecule has 0 bridgehead atoms. The zero-order valence-corrected chi connectivity index (χ0v) is 10.1. The number of aldehydes is 1. The van der Waals surface area contributed by atoms with Crippen LogP contribution in [0.2, 0.25) is 0 Å². The number of nitrogens with zero attached hydrogens (tertiary/aromatic N) is 1. The minimum atomic E-state index is -0.274. The number of nitrogens with one attached hydrogen (secondary N) is 1. The molecule has 6 heteroatoms. The second-order valence-corrected chi connectivity index (χ2v) is 3.94. The average Bonchev–Trinajstić information content (AvgIpc) is 2.67. The van der Waals surface area contributed by atoms with Gasteiger partial charge in [-0.3, -0.25) is 19.3 Å². The van der Waals surface area contributed by atoms with Gasteiger partial charge in [0, 0.05) is 25.1 Å². The maximum Gasteiger partial charge on any atom is 0.253 e. The lowest BCUT2D eigenvalue weighted by Crippen LogP contribution is -2.30. The smallest absolute Gasteiger partial charge is 0.253 e. The molecule has 1 aliphatic heterocycles. The Bertz CT molecular complexity index is 358. The molecule has 1 N–H and O–H groups in total. The minimum Gasteiger partial charge on any atom is -0.349 e. The average molecular weight is 252 g/mol. The van der Waals surface area contributed by atoms with Crippen LogP contribution in [0.5, 0.6) is 0 Å². The van der Waals surface area contributed by atoms with Crippen molar-refractivity contribution in [3.8, 4) is 0 Å². The van der Waals surface area contributed by atoms with Crippen molar-refractivity contribution >= 4 is 24.0 Å². The zero-order chi connectivity index (χ0) is 13.4. The summed E-state index contributed by atoms with van der Waals surface area (Å²) in [6.45, 7) is 0.432. The highest BCUT2D eigenvalue weighted by atomic mass is 16.2. The Labute approximate surface area is 105 Å². The molecule has 0 aromatic heterocycles. The van der Waals surface area contributed by atoms with E-state index in [4.69, 9.17) is 0 Å². The first kappa shape index (κ1) is 14.1. The first-order chi connectivity index (χ1) is 8.65. The largest absolute Gasteiger partial charge is 0.349 e. The summed E-state index contributed by atoms with van der Waals surface area (Å²) in [6, 6.07) is 0. The third-order valence-electron chi connectivity index (χ3n) is 2.57. The monoisotopic (exact) mass is 252 g/mol. The Morgan fingerprint density at radius 1 is 1.17 bits per heavy atom. The molecule has 0 aliphatic carbocycles. The highest BCUT2D eigenvalue weighted by Gasteiger charge is 2.22. The van der Waals surface area contributed by atoms with Gasteiger partial charge in [0.15, 0.2) is 0 Å². The molecule has 98 valence electrons. The van der Waals surface area contributed by atoms with Crippen LogP contribution in [-0.4, -0.2) is 42.0 Å². The zero-order valence-electron chi connectivity index (χ0n) is 10.1. The molecule has 0 radical (unpaired) electrons. The van der Waals surface area contributed by atoms with Crippen molar-refractivity contribution in [3.05, 3.63) is 12.2 Å². The number of rotatable bonds is 8. The third kappa shape index (κ3) is 4.48. The summed E-state index contributed by atoms with van der Waals surface area (Å²) in [7, 11) is 0. The van der Waals surface area contributed by atoms with Crippen LogP contribution in [0.15, 0.2) is 12.2 Å². The Morgan fingerprint density at radius 2 is 1.83 bits per heavy atom. The van der Waals surface area contributed by atoms with Gasteiger partial charge in [-0.2, -0.15) is 0 Å². The van der Waals surface area contributed by atoms with Crippen LogP contribution in [0.25, 0.3) is 0 Å². The highest BCUT2D eigenvalue weighted by Crippen LogP contribution is 2.07. The van der Waals surface area contributed by atoms with Gasteiger partial charge in [0.25, 0.3) is 11.8 Å². The number of hydrogen-bond donors (Lipinski definition) is 1. The summed E-state index contributed by atoms with van der Waals surface area (Å²) < 4.78 is 0. The maximum absolute atomic E-state index is 11.2. The number of unbranched alkanes of at least 4 members (excludes halogenated alkanes) is 2. The van der Waals surface area contributed by atoms with E-state index in [1.165, 1.54) is 17.1 Å². The van der Waals surface area contributed by atoms with Crippen molar-refractivity contribution in [2.24, 2.45) is 0 Å². The van der Waals surface area contributed by atoms with Crippen LogP contribution in [0.3, 0.4) is 0 Å². The fourth-order valence-electron chi connectivity index (χ4n) is 1.63. The molecule has 0 spiro atoms. The second kappa shape index (κ2) is 7.37. The lowest BCUT2D eigenvalue weighted by molar-refractivity contribution is -0.137. The topological polar surface area (TPSA) is 83.6 Å². The summed E-state index contributed by atoms with van der Waals surface area (Å²) in [5, 5.41) is 2.44. The molecule has 1 aliphatic rings. The van der Waals surface area contributed by atoms with Crippen molar-refractivity contribution in [1.29, 1.82) is 0 Å². The standard InChI is InChI=1S/C12H16N2O4/c15-9-7-13-10(16)4-2-1-3-8-14-11(17)5-6-12(14)18/h5-6,9H,1-4,7-8H2,(H,13,16). The fraction of sp³-hybridized carbons (Fsp3) is 0.500. The molecule has 3 amide bonds. The molecule has 1 rings (SSSR count). The quantitative estimate of drug-likeness (QED) is 0.368. The molecule has 18 heavy (non-hydrogen) atoms. The SMILES string of the molecule is O=CCNC(=O)CCCCCN1C(=O)C=CC1=O. The predicted octanol–water partition coefficient (Wildman–Crippen LogP) is -0.213. The number of imide groups is 1. The predicted molar refractivity (Wildman–Crippen MR) is 63.4 cm³/mol. The summed E-state index contributed by atoms with van der Waals surface area (Å²) in [6.07, 6.45) is 5.62. The lowest BCUT2D eigenvalue weighted by Gasteiger charge is -2.12. The molecule has 1 heterocycles. The van der Waals surface area contributed by atoms with E-state index in [9.17, 15) is 19.2 Å². The van der Waals surface area contributed by atoms with Crippen LogP contribution in [0.4, 0.5) is 0 Å². The fourth-order valence-corrected chi connectivity index (χ4v) is 1.63. The van der Waals surface area contributed by atoms with Gasteiger partial charge < -0.3 is 10.1 Å². The Kier molecular flexibility index (Phi) is 5.76. The molecule has 0 unspecified atom stereocenters. The van der Waals surface area contributed by atoms with Crippen LogP contribution in [0, 0.1) is 0 Å². The van der Waals surface area contributed by atoms with Gasteiger partial charge >= 0.3 is 0 Å². The van der Waals surface area contributed by atoms with Gasteiger partial charge in [-0.15, -0.1) is 0 Å². The second-order valence-electron chi connectivity index (χ2n) is 3.94. The summed E-state index contributed by atoms with van der Waals surface area (Å²) in [5.74, 6) is -0.704.